The summed E-state index contributed by atoms with van der Waals surface area (Å²) in [4.78, 5) is 11.3. The summed E-state index contributed by atoms with van der Waals surface area (Å²) in [5.41, 5.74) is 5.86. The number of hydrogen-bond donors (Lipinski definition) is 1. The Hall–Kier alpha value is -0.740. The summed E-state index contributed by atoms with van der Waals surface area (Å²) in [6.07, 6.45) is 2.83. The van der Waals surface area contributed by atoms with Crippen LogP contribution in [0.4, 0.5) is 0 Å². The molecule has 3 nitrogen and oxygen atoms in total. The summed E-state index contributed by atoms with van der Waals surface area (Å²) in [6, 6.07) is 5.51. The topological polar surface area (TPSA) is 48.0 Å². The van der Waals surface area contributed by atoms with E-state index in [4.69, 9.17) is 5.73 Å². The van der Waals surface area contributed by atoms with Crippen LogP contribution in [0.25, 0.3) is 0 Å². The molecule has 15 heavy (non-hydrogen) atoms. The summed E-state index contributed by atoms with van der Waals surface area (Å²) >= 11 is 1.80. The highest BCUT2D eigenvalue weighted by Crippen LogP contribution is 2.04. The van der Waals surface area contributed by atoms with Crippen LogP contribution in [0.5, 0.6) is 0 Å². The van der Waals surface area contributed by atoms with E-state index in [0.717, 1.165) is 24.5 Å². The number of aryl methyl sites for hydroxylation is 1. The molecular weight excluding hydrogens is 208 g/mol. The highest BCUT2D eigenvalue weighted by Gasteiger charge is 1.99. The number of aromatic nitrogens is 1. The normalized spacial score (nSPS) is 12.7. The Balaban J connectivity index is 2.26. The lowest BCUT2D eigenvalue weighted by Gasteiger charge is -2.08. The van der Waals surface area contributed by atoms with Gasteiger partial charge in [0.05, 0.1) is 0 Å². The quantitative estimate of drug-likeness (QED) is 0.744. The summed E-state index contributed by atoms with van der Waals surface area (Å²) in [5, 5.41) is 0. The van der Waals surface area contributed by atoms with Crippen molar-refractivity contribution in [1.82, 2.24) is 4.57 Å². The van der Waals surface area contributed by atoms with E-state index >= 15 is 0 Å². The third kappa shape index (κ3) is 4.53. The first-order valence-corrected chi connectivity index (χ1v) is 6.38. The predicted octanol–water partition coefficient (Wildman–Crippen LogP) is 1.32. The zero-order chi connectivity index (χ0) is 11.1. The molecule has 0 bridgehead atoms. The molecule has 1 rings (SSSR count). The second-order valence-electron chi connectivity index (χ2n) is 3.48. The van der Waals surface area contributed by atoms with Gasteiger partial charge in [0.2, 0.25) is 0 Å². The van der Waals surface area contributed by atoms with E-state index < -0.39 is 0 Å². The van der Waals surface area contributed by atoms with Gasteiger partial charge in [0.25, 0.3) is 5.56 Å². The number of rotatable bonds is 6. The van der Waals surface area contributed by atoms with Crippen molar-refractivity contribution in [3.05, 3.63) is 34.7 Å². The number of thioether (sulfide) groups is 1. The second-order valence-corrected chi connectivity index (χ2v) is 4.63. The van der Waals surface area contributed by atoms with Crippen LogP contribution in [0, 0.1) is 0 Å². The van der Waals surface area contributed by atoms with Crippen molar-refractivity contribution >= 4 is 11.8 Å². The van der Waals surface area contributed by atoms with Crippen LogP contribution >= 0.6 is 11.8 Å². The van der Waals surface area contributed by atoms with Crippen LogP contribution in [0.15, 0.2) is 29.2 Å². The monoisotopic (exact) mass is 226 g/mol. The smallest absolute Gasteiger partial charge is 0.250 e. The van der Waals surface area contributed by atoms with Crippen molar-refractivity contribution < 1.29 is 0 Å². The maximum absolute atomic E-state index is 11.3. The molecule has 1 aromatic rings. The maximum Gasteiger partial charge on any atom is 0.250 e. The fraction of sp³-hybridized carbons (Fsp3) is 0.545. The third-order valence-corrected chi connectivity index (χ3v) is 3.37. The number of nitrogens with two attached hydrogens (primary N) is 1. The predicted molar refractivity (Wildman–Crippen MR) is 66.3 cm³/mol. The molecule has 0 aliphatic carbocycles. The van der Waals surface area contributed by atoms with E-state index in [9.17, 15) is 4.79 Å². The first-order valence-electron chi connectivity index (χ1n) is 5.23. The molecule has 84 valence electrons. The molecule has 1 unspecified atom stereocenters. The zero-order valence-electron chi connectivity index (χ0n) is 9.06. The van der Waals surface area contributed by atoms with Gasteiger partial charge in [0.15, 0.2) is 0 Å². The fourth-order valence-corrected chi connectivity index (χ4v) is 2.19. The first-order chi connectivity index (χ1) is 7.24. The van der Waals surface area contributed by atoms with Gasteiger partial charge in [-0.25, -0.2) is 0 Å². The van der Waals surface area contributed by atoms with E-state index in [1.54, 1.807) is 28.5 Å². The number of pyridine rings is 1. The zero-order valence-corrected chi connectivity index (χ0v) is 9.87. The van der Waals surface area contributed by atoms with Crippen LogP contribution < -0.4 is 11.3 Å². The molecule has 0 spiro atoms. The molecular formula is C11H18N2OS. The van der Waals surface area contributed by atoms with Crippen molar-refractivity contribution in [3.63, 3.8) is 0 Å². The van der Waals surface area contributed by atoms with Crippen LogP contribution in [-0.4, -0.2) is 22.1 Å². The molecule has 0 saturated carbocycles. The minimum absolute atomic E-state index is 0.0675. The van der Waals surface area contributed by atoms with Gasteiger partial charge in [0.1, 0.15) is 0 Å². The van der Waals surface area contributed by atoms with Crippen LogP contribution in [0.2, 0.25) is 0 Å². The minimum Gasteiger partial charge on any atom is -0.327 e. The van der Waals surface area contributed by atoms with Gasteiger partial charge in [-0.1, -0.05) is 13.0 Å². The van der Waals surface area contributed by atoms with Gasteiger partial charge in [-0.05, 0) is 12.5 Å². The van der Waals surface area contributed by atoms with Crippen molar-refractivity contribution in [2.45, 2.75) is 25.9 Å². The van der Waals surface area contributed by atoms with Gasteiger partial charge >= 0.3 is 0 Å². The van der Waals surface area contributed by atoms with E-state index in [0.29, 0.717) is 0 Å². The van der Waals surface area contributed by atoms with Crippen LogP contribution in [0.3, 0.4) is 0 Å². The minimum atomic E-state index is 0.0675. The molecule has 0 aromatic carbocycles. The van der Waals surface area contributed by atoms with Gasteiger partial charge in [-0.15, -0.1) is 0 Å². The molecule has 2 N–H and O–H groups in total. The Labute approximate surface area is 94.7 Å². The van der Waals surface area contributed by atoms with E-state index in [1.807, 2.05) is 12.3 Å². The lowest BCUT2D eigenvalue weighted by Crippen LogP contribution is -2.23. The van der Waals surface area contributed by atoms with Gasteiger partial charge in [-0.3, -0.25) is 4.79 Å². The van der Waals surface area contributed by atoms with E-state index in [-0.39, 0.29) is 11.6 Å². The highest BCUT2D eigenvalue weighted by atomic mass is 32.2. The Morgan fingerprint density at radius 2 is 2.33 bits per heavy atom. The van der Waals surface area contributed by atoms with Crippen LogP contribution in [0.1, 0.15) is 13.3 Å². The Bertz CT molecular complexity index is 337. The highest BCUT2D eigenvalue weighted by molar-refractivity contribution is 7.99. The molecule has 0 fully saturated rings. The largest absolute Gasteiger partial charge is 0.327 e. The van der Waals surface area contributed by atoms with Gasteiger partial charge in [0, 0.05) is 36.4 Å². The maximum atomic E-state index is 11.3. The van der Waals surface area contributed by atoms with Crippen molar-refractivity contribution in [1.29, 1.82) is 0 Å². The molecule has 0 aliphatic rings. The van der Waals surface area contributed by atoms with Crippen molar-refractivity contribution in [2.75, 3.05) is 11.5 Å². The summed E-state index contributed by atoms with van der Waals surface area (Å²) < 4.78 is 1.73. The molecule has 0 saturated heterocycles. The average molecular weight is 226 g/mol. The molecule has 1 aromatic heterocycles. The van der Waals surface area contributed by atoms with Crippen LogP contribution in [-0.2, 0) is 6.54 Å². The fourth-order valence-electron chi connectivity index (χ4n) is 1.16. The Kier molecular flexibility index (Phi) is 5.50. The van der Waals surface area contributed by atoms with Crippen molar-refractivity contribution in [2.24, 2.45) is 5.73 Å². The Morgan fingerprint density at radius 3 is 3.00 bits per heavy atom. The van der Waals surface area contributed by atoms with Gasteiger partial charge in [-0.2, -0.15) is 11.8 Å². The SMILES string of the molecule is CCC(N)CSCCn1ccccc1=O. The molecule has 0 aliphatic heterocycles. The third-order valence-electron chi connectivity index (χ3n) is 2.23. The van der Waals surface area contributed by atoms with Gasteiger partial charge < -0.3 is 10.3 Å². The Morgan fingerprint density at radius 1 is 1.53 bits per heavy atom. The number of nitrogens with zero attached hydrogens (tertiary/aromatic N) is 1. The summed E-state index contributed by atoms with van der Waals surface area (Å²) in [7, 11) is 0. The number of hydrogen-bond acceptors (Lipinski definition) is 3. The lowest BCUT2D eigenvalue weighted by atomic mass is 10.3. The molecule has 0 radical (unpaired) electrons. The molecule has 0 amide bonds. The van der Waals surface area contributed by atoms with Crippen molar-refractivity contribution in [3.8, 4) is 0 Å². The summed E-state index contributed by atoms with van der Waals surface area (Å²) in [5.74, 6) is 1.91. The molecule has 1 atom stereocenters. The lowest BCUT2D eigenvalue weighted by molar-refractivity contribution is 0.716. The second kappa shape index (κ2) is 6.69. The molecule has 1 heterocycles. The molecule has 4 heteroatoms. The first kappa shape index (κ1) is 12.3. The van der Waals surface area contributed by atoms with E-state index in [1.165, 1.54) is 0 Å². The van der Waals surface area contributed by atoms with E-state index in [2.05, 4.69) is 6.92 Å². The standard InChI is InChI=1S/C11H18N2OS/c1-2-10(12)9-15-8-7-13-6-4-3-5-11(13)14/h3-6,10H,2,7-9,12H2,1H3. The average Bonchev–Trinajstić information content (AvgIpc) is 2.26. The summed E-state index contributed by atoms with van der Waals surface area (Å²) in [6.45, 7) is 2.85.